The van der Waals surface area contributed by atoms with E-state index in [9.17, 15) is 0 Å². The fourth-order valence-corrected chi connectivity index (χ4v) is 5.46. The quantitative estimate of drug-likeness (QED) is 0.304. The molecule has 0 amide bonds. The molecule has 0 heterocycles. The maximum atomic E-state index is 2.42. The minimum atomic E-state index is -1.59. The van der Waals surface area contributed by atoms with Crippen molar-refractivity contribution >= 4 is 36.4 Å². The fraction of sp³-hybridized carbons (Fsp3) is 0.0714. The van der Waals surface area contributed by atoms with Gasteiger partial charge in [-0.1, -0.05) is 109 Å². The van der Waals surface area contributed by atoms with Gasteiger partial charge in [0.15, 0.2) is 0 Å². The number of para-hydroxylation sites is 2. The number of rotatable bonds is 6. The van der Waals surface area contributed by atoms with Gasteiger partial charge in [0.25, 0.3) is 0 Å². The lowest BCUT2D eigenvalue weighted by Crippen LogP contribution is -2.39. The fourth-order valence-electron chi connectivity index (χ4n) is 3.60. The molecule has 4 aromatic carbocycles. The van der Waals surface area contributed by atoms with E-state index in [2.05, 4.69) is 145 Å². The average molecular weight is 406 g/mol. The zero-order chi connectivity index (χ0) is 20.8. The molecule has 0 spiro atoms. The molecule has 0 atom stereocenters. The Balaban J connectivity index is 1.61. The summed E-state index contributed by atoms with van der Waals surface area (Å²) in [5.74, 6) is 0. The molecule has 0 aliphatic heterocycles. The summed E-state index contributed by atoms with van der Waals surface area (Å²) in [4.78, 5) is 2.29. The first kappa shape index (κ1) is 19.9. The molecule has 0 radical (unpaired) electrons. The summed E-state index contributed by atoms with van der Waals surface area (Å²) >= 11 is 0. The van der Waals surface area contributed by atoms with E-state index >= 15 is 0 Å². The molecule has 4 aromatic rings. The summed E-state index contributed by atoms with van der Waals surface area (Å²) < 4.78 is 0. The van der Waals surface area contributed by atoms with Crippen molar-refractivity contribution in [2.75, 3.05) is 4.90 Å². The summed E-state index contributed by atoms with van der Waals surface area (Å²) in [5.41, 5.74) is 7.12. The van der Waals surface area contributed by atoms with Crippen LogP contribution >= 0.6 is 0 Å². The van der Waals surface area contributed by atoms with E-state index in [0.717, 1.165) is 17.1 Å². The Labute approximate surface area is 181 Å². The third kappa shape index (κ3) is 4.61. The Hall–Kier alpha value is -3.36. The molecule has 0 bridgehead atoms. The summed E-state index contributed by atoms with van der Waals surface area (Å²) in [6, 6.07) is 40.7. The standard InChI is InChI=1S/C28H27NSi/c1-30(2,28-16-10-5-11-17-28)23-22-24-18-20-27(21-19-24)29(25-12-6-3-7-13-25)26-14-8-4-9-15-26/h3-23H,1-2H3/b23-22+. The van der Waals surface area contributed by atoms with Gasteiger partial charge < -0.3 is 4.90 Å². The highest BCUT2D eigenvalue weighted by atomic mass is 28.3. The predicted octanol–water partition coefficient (Wildman–Crippen LogP) is 7.32. The normalized spacial score (nSPS) is 11.5. The molecule has 4 rings (SSSR count). The van der Waals surface area contributed by atoms with Crippen molar-refractivity contribution < 1.29 is 0 Å². The third-order valence-corrected chi connectivity index (χ3v) is 8.21. The smallest absolute Gasteiger partial charge is 0.104 e. The Bertz CT molecular complexity index is 1050. The Morgan fingerprint density at radius 2 is 0.967 bits per heavy atom. The van der Waals surface area contributed by atoms with E-state index in [-0.39, 0.29) is 0 Å². The zero-order valence-electron chi connectivity index (χ0n) is 17.6. The van der Waals surface area contributed by atoms with Crippen molar-refractivity contribution in [3.8, 4) is 0 Å². The topological polar surface area (TPSA) is 3.24 Å². The van der Waals surface area contributed by atoms with Crippen molar-refractivity contribution in [2.45, 2.75) is 13.1 Å². The molecule has 148 valence electrons. The number of hydrogen-bond donors (Lipinski definition) is 0. The van der Waals surface area contributed by atoms with Crippen LogP contribution in [0.2, 0.25) is 13.1 Å². The molecule has 0 saturated carbocycles. The van der Waals surface area contributed by atoms with E-state index in [1.807, 2.05) is 0 Å². The maximum absolute atomic E-state index is 2.42. The van der Waals surface area contributed by atoms with Gasteiger partial charge in [0.2, 0.25) is 0 Å². The van der Waals surface area contributed by atoms with Gasteiger partial charge in [-0.2, -0.15) is 0 Å². The van der Waals surface area contributed by atoms with E-state index in [1.165, 1.54) is 10.8 Å². The molecule has 0 fully saturated rings. The summed E-state index contributed by atoms with van der Waals surface area (Å²) in [6.45, 7) is 4.78. The van der Waals surface area contributed by atoms with Crippen molar-refractivity contribution in [3.63, 3.8) is 0 Å². The molecule has 0 aliphatic carbocycles. The van der Waals surface area contributed by atoms with Crippen LogP contribution in [0.4, 0.5) is 17.1 Å². The second-order valence-corrected chi connectivity index (χ2v) is 12.4. The van der Waals surface area contributed by atoms with Crippen LogP contribution in [0.5, 0.6) is 0 Å². The number of benzene rings is 4. The SMILES string of the molecule is C[Si](C)(/C=C/c1ccc(N(c2ccccc2)c2ccccc2)cc1)c1ccccc1. The zero-order valence-corrected chi connectivity index (χ0v) is 18.6. The van der Waals surface area contributed by atoms with Gasteiger partial charge in [0.05, 0.1) is 0 Å². The second-order valence-electron chi connectivity index (χ2n) is 8.02. The Morgan fingerprint density at radius 1 is 0.533 bits per heavy atom. The first-order chi connectivity index (χ1) is 14.6. The molecule has 0 aromatic heterocycles. The van der Waals surface area contributed by atoms with Crippen LogP contribution in [0.1, 0.15) is 5.56 Å². The minimum absolute atomic E-state index is 1.16. The highest BCUT2D eigenvalue weighted by Gasteiger charge is 2.19. The van der Waals surface area contributed by atoms with Crippen molar-refractivity contribution in [2.24, 2.45) is 0 Å². The monoisotopic (exact) mass is 405 g/mol. The lowest BCUT2D eigenvalue weighted by molar-refractivity contribution is 1.28. The molecule has 0 N–H and O–H groups in total. The third-order valence-electron chi connectivity index (χ3n) is 5.39. The van der Waals surface area contributed by atoms with Crippen LogP contribution in [-0.2, 0) is 0 Å². The number of nitrogens with zero attached hydrogens (tertiary/aromatic N) is 1. The van der Waals surface area contributed by atoms with Gasteiger partial charge in [-0.15, -0.1) is 0 Å². The molecule has 0 unspecified atom stereocenters. The molecule has 0 saturated heterocycles. The highest BCUT2D eigenvalue weighted by molar-refractivity contribution is 6.94. The van der Waals surface area contributed by atoms with Crippen molar-refractivity contribution in [1.82, 2.24) is 0 Å². The predicted molar refractivity (Wildman–Crippen MR) is 134 cm³/mol. The Morgan fingerprint density at radius 3 is 1.47 bits per heavy atom. The van der Waals surface area contributed by atoms with Crippen molar-refractivity contribution in [1.29, 1.82) is 0 Å². The average Bonchev–Trinajstić information content (AvgIpc) is 2.81. The lowest BCUT2D eigenvalue weighted by Gasteiger charge is -2.25. The van der Waals surface area contributed by atoms with Crippen LogP contribution in [0.15, 0.2) is 121 Å². The molecular weight excluding hydrogens is 378 g/mol. The van der Waals surface area contributed by atoms with Gasteiger partial charge >= 0.3 is 0 Å². The van der Waals surface area contributed by atoms with Crippen LogP contribution < -0.4 is 10.1 Å². The summed E-state index contributed by atoms with van der Waals surface area (Å²) in [7, 11) is -1.59. The minimum Gasteiger partial charge on any atom is -0.311 e. The highest BCUT2D eigenvalue weighted by Crippen LogP contribution is 2.34. The van der Waals surface area contributed by atoms with Crippen LogP contribution in [-0.4, -0.2) is 8.07 Å². The number of hydrogen-bond acceptors (Lipinski definition) is 1. The van der Waals surface area contributed by atoms with Crippen molar-refractivity contribution in [3.05, 3.63) is 127 Å². The second kappa shape index (κ2) is 8.98. The maximum Gasteiger partial charge on any atom is 0.104 e. The molecule has 0 aliphatic rings. The largest absolute Gasteiger partial charge is 0.311 e. The first-order valence-corrected chi connectivity index (χ1v) is 13.5. The van der Waals surface area contributed by atoms with Gasteiger partial charge in [-0.3, -0.25) is 0 Å². The molecule has 2 heteroatoms. The van der Waals surface area contributed by atoms with Crippen LogP contribution in [0.25, 0.3) is 6.08 Å². The van der Waals surface area contributed by atoms with Crippen LogP contribution in [0, 0.1) is 0 Å². The molecular formula is C28H27NSi. The number of anilines is 3. The van der Waals surface area contributed by atoms with E-state index in [4.69, 9.17) is 0 Å². The summed E-state index contributed by atoms with van der Waals surface area (Å²) in [6.07, 6.45) is 2.28. The van der Waals surface area contributed by atoms with Gasteiger partial charge in [0, 0.05) is 17.1 Å². The lowest BCUT2D eigenvalue weighted by atomic mass is 10.1. The van der Waals surface area contributed by atoms with Crippen LogP contribution in [0.3, 0.4) is 0 Å². The first-order valence-electron chi connectivity index (χ1n) is 10.4. The van der Waals surface area contributed by atoms with E-state index in [1.54, 1.807) is 0 Å². The van der Waals surface area contributed by atoms with E-state index < -0.39 is 8.07 Å². The molecule has 30 heavy (non-hydrogen) atoms. The van der Waals surface area contributed by atoms with Gasteiger partial charge in [-0.25, -0.2) is 0 Å². The summed E-state index contributed by atoms with van der Waals surface area (Å²) in [5, 5.41) is 1.46. The molecule has 1 nitrogen and oxygen atoms in total. The Kier molecular flexibility index (Phi) is 5.96. The van der Waals surface area contributed by atoms with Gasteiger partial charge in [-0.05, 0) is 42.0 Å². The van der Waals surface area contributed by atoms with E-state index in [0.29, 0.717) is 0 Å². The van der Waals surface area contributed by atoms with Gasteiger partial charge in [0.1, 0.15) is 8.07 Å².